The normalized spacial score (nSPS) is 26.3. The van der Waals surface area contributed by atoms with Gasteiger partial charge in [0.15, 0.2) is 0 Å². The molecule has 8 atom stereocenters. The second-order valence-corrected chi connectivity index (χ2v) is 14.7. The number of allylic oxidation sites excluding steroid dienone is 1. The summed E-state index contributed by atoms with van der Waals surface area (Å²) in [6.07, 6.45) is 7.62. The summed E-state index contributed by atoms with van der Waals surface area (Å²) in [5.74, 6) is -0.600. The third-order valence-electron chi connectivity index (χ3n) is 8.88. The fourth-order valence-electron chi connectivity index (χ4n) is 5.77. The van der Waals surface area contributed by atoms with E-state index in [1.165, 1.54) is 44.9 Å². The molecular weight excluding hydrogens is 645 g/mol. The zero-order valence-corrected chi connectivity index (χ0v) is 30.0. The minimum absolute atomic E-state index is 0.265. The molecule has 13 nitrogen and oxygen atoms in total. The van der Waals surface area contributed by atoms with E-state index in [1.807, 2.05) is 12.2 Å². The van der Waals surface area contributed by atoms with Crippen LogP contribution in [0.3, 0.4) is 0 Å². The lowest BCUT2D eigenvalue weighted by Gasteiger charge is -2.41. The van der Waals surface area contributed by atoms with E-state index in [9.17, 15) is 50.0 Å². The average molecular weight is 712 g/mol. The number of hydrogen-bond donors (Lipinski definition) is 9. The first kappa shape index (κ1) is 45.1. The van der Waals surface area contributed by atoms with Gasteiger partial charge in [0.1, 0.15) is 36.6 Å². The van der Waals surface area contributed by atoms with E-state index in [4.69, 9.17) is 9.05 Å². The van der Waals surface area contributed by atoms with E-state index in [-0.39, 0.29) is 19.3 Å². The van der Waals surface area contributed by atoms with Gasteiger partial charge in [-0.05, 0) is 25.7 Å². The number of phosphoric ester groups is 1. The summed E-state index contributed by atoms with van der Waals surface area (Å²) in [5.41, 5.74) is 0. The molecule has 0 bridgehead atoms. The van der Waals surface area contributed by atoms with E-state index in [0.29, 0.717) is 6.42 Å². The second kappa shape index (κ2) is 25.9. The van der Waals surface area contributed by atoms with Gasteiger partial charge in [0, 0.05) is 0 Å². The number of phosphoric acid groups is 1. The summed E-state index contributed by atoms with van der Waals surface area (Å²) in [6, 6.07) is -1.16. The zero-order chi connectivity index (χ0) is 36.0. The monoisotopic (exact) mass is 711 g/mol. The highest BCUT2D eigenvalue weighted by Gasteiger charge is 2.51. The van der Waals surface area contributed by atoms with Crippen molar-refractivity contribution in [2.45, 2.75) is 191 Å². The molecule has 0 saturated heterocycles. The van der Waals surface area contributed by atoms with Gasteiger partial charge in [0.25, 0.3) is 0 Å². The van der Waals surface area contributed by atoms with E-state index >= 15 is 0 Å². The van der Waals surface area contributed by atoms with Gasteiger partial charge in [-0.25, -0.2) is 4.57 Å². The van der Waals surface area contributed by atoms with Crippen LogP contribution in [0.25, 0.3) is 0 Å². The van der Waals surface area contributed by atoms with Crippen LogP contribution in [0.5, 0.6) is 0 Å². The third-order valence-corrected chi connectivity index (χ3v) is 9.86. The molecule has 1 amide bonds. The number of carbonyl (C=O) groups excluding carboxylic acids is 1. The first-order chi connectivity index (χ1) is 22.8. The van der Waals surface area contributed by atoms with Crippen LogP contribution in [-0.2, 0) is 18.4 Å². The van der Waals surface area contributed by atoms with Gasteiger partial charge >= 0.3 is 7.82 Å². The number of rotatable bonds is 28. The molecule has 0 spiro atoms. The van der Waals surface area contributed by atoms with Crippen molar-refractivity contribution >= 4 is 13.7 Å². The first-order valence-electron chi connectivity index (χ1n) is 18.2. The molecule has 1 aliphatic rings. The van der Waals surface area contributed by atoms with Gasteiger partial charge in [-0.1, -0.05) is 116 Å². The summed E-state index contributed by atoms with van der Waals surface area (Å²) < 4.78 is 22.7. The van der Waals surface area contributed by atoms with Crippen LogP contribution < -0.4 is 5.32 Å². The highest BCUT2D eigenvalue weighted by molar-refractivity contribution is 7.47. The number of aliphatic hydroxyl groups is 7. The summed E-state index contributed by atoms with van der Waals surface area (Å²) in [4.78, 5) is 23.1. The van der Waals surface area contributed by atoms with Gasteiger partial charge in [-0.15, -0.1) is 0 Å². The summed E-state index contributed by atoms with van der Waals surface area (Å²) in [5, 5.41) is 73.8. The molecule has 0 aliphatic heterocycles. The summed E-state index contributed by atoms with van der Waals surface area (Å²) >= 11 is 0. The molecular formula is C34H66NO12P. The number of aliphatic hydroxyl groups excluding tert-OH is 7. The van der Waals surface area contributed by atoms with Crippen molar-refractivity contribution in [3.8, 4) is 0 Å². The van der Waals surface area contributed by atoms with Crippen molar-refractivity contribution in [1.29, 1.82) is 0 Å². The van der Waals surface area contributed by atoms with Crippen LogP contribution >= 0.6 is 7.82 Å². The Morgan fingerprint density at radius 1 is 0.729 bits per heavy atom. The lowest BCUT2D eigenvalue weighted by molar-refractivity contribution is -0.220. The molecule has 0 aromatic heterocycles. The minimum atomic E-state index is -5.10. The van der Waals surface area contributed by atoms with E-state index in [1.54, 1.807) is 0 Å². The van der Waals surface area contributed by atoms with Gasteiger partial charge in [-0.3, -0.25) is 13.8 Å². The van der Waals surface area contributed by atoms with Crippen LogP contribution in [0.2, 0.25) is 0 Å². The van der Waals surface area contributed by atoms with Crippen molar-refractivity contribution in [1.82, 2.24) is 5.32 Å². The van der Waals surface area contributed by atoms with Crippen molar-refractivity contribution in [2.75, 3.05) is 6.61 Å². The molecule has 1 rings (SSSR count). The summed E-state index contributed by atoms with van der Waals surface area (Å²) in [6.45, 7) is 3.64. The van der Waals surface area contributed by atoms with Crippen molar-refractivity contribution in [3.63, 3.8) is 0 Å². The van der Waals surface area contributed by atoms with Crippen LogP contribution in [0.1, 0.15) is 136 Å². The van der Waals surface area contributed by atoms with Gasteiger partial charge < -0.3 is 46.0 Å². The predicted octanol–water partition coefficient (Wildman–Crippen LogP) is 3.52. The fraction of sp³-hybridized carbons (Fsp3) is 0.912. The van der Waals surface area contributed by atoms with Crippen LogP contribution in [0, 0.1) is 0 Å². The van der Waals surface area contributed by atoms with Crippen LogP contribution in [-0.4, -0.2) is 108 Å². The molecule has 284 valence electrons. The molecule has 1 saturated carbocycles. The molecule has 1 aliphatic carbocycles. The molecule has 1 fully saturated rings. The topological polar surface area (TPSA) is 226 Å². The van der Waals surface area contributed by atoms with Crippen molar-refractivity contribution in [2.24, 2.45) is 0 Å². The van der Waals surface area contributed by atoms with E-state index in [0.717, 1.165) is 51.4 Å². The van der Waals surface area contributed by atoms with Crippen molar-refractivity contribution in [3.05, 3.63) is 12.2 Å². The SMILES string of the molecule is CCCCCC/C=C\CC(O)CC(=O)NC(COP(=O)(O)OC1C(O)C(O)C(O)C(O)C1O)C(O)CCCCCCCCCCCCC. The number of carbonyl (C=O) groups is 1. The molecule has 0 aromatic carbocycles. The van der Waals surface area contributed by atoms with Crippen molar-refractivity contribution < 1.29 is 59.0 Å². The number of hydrogen-bond acceptors (Lipinski definition) is 11. The Morgan fingerprint density at radius 2 is 1.21 bits per heavy atom. The van der Waals surface area contributed by atoms with Crippen LogP contribution in [0.15, 0.2) is 12.2 Å². The maximum absolute atomic E-state index is 12.8. The summed E-state index contributed by atoms with van der Waals surface area (Å²) in [7, 11) is -5.10. The fourth-order valence-corrected chi connectivity index (χ4v) is 6.74. The lowest BCUT2D eigenvalue weighted by atomic mass is 9.85. The molecule has 0 aromatic rings. The molecule has 0 radical (unpaired) electrons. The highest BCUT2D eigenvalue weighted by atomic mass is 31.2. The van der Waals surface area contributed by atoms with E-state index in [2.05, 4.69) is 19.2 Å². The number of amides is 1. The largest absolute Gasteiger partial charge is 0.472 e. The third kappa shape index (κ3) is 18.9. The Bertz CT molecular complexity index is 895. The number of nitrogens with one attached hydrogen (secondary N) is 1. The Labute approximate surface area is 287 Å². The quantitative estimate of drug-likeness (QED) is 0.0323. The highest BCUT2D eigenvalue weighted by Crippen LogP contribution is 2.47. The molecule has 9 N–H and O–H groups in total. The van der Waals surface area contributed by atoms with Crippen LogP contribution in [0.4, 0.5) is 0 Å². The minimum Gasteiger partial charge on any atom is -0.392 e. The van der Waals surface area contributed by atoms with Gasteiger partial charge in [0.2, 0.25) is 5.91 Å². The Morgan fingerprint density at radius 3 is 1.75 bits per heavy atom. The Balaban J connectivity index is 2.70. The first-order valence-corrected chi connectivity index (χ1v) is 19.7. The Hall–Kier alpha value is -0.960. The van der Waals surface area contributed by atoms with Gasteiger partial charge in [-0.2, -0.15) is 0 Å². The maximum atomic E-state index is 12.8. The molecule has 8 unspecified atom stereocenters. The van der Waals surface area contributed by atoms with Gasteiger partial charge in [0.05, 0.1) is 31.3 Å². The second-order valence-electron chi connectivity index (χ2n) is 13.3. The zero-order valence-electron chi connectivity index (χ0n) is 29.2. The Kier molecular flexibility index (Phi) is 24.3. The number of unbranched alkanes of at least 4 members (excludes halogenated alkanes) is 14. The van der Waals surface area contributed by atoms with E-state index < -0.39 is 75.2 Å². The molecule has 0 heterocycles. The standard InChI is InChI=1S/C34H66NO12P/c1-3-5-7-9-11-12-13-14-16-18-20-22-27(37)26(35-28(38)23-25(36)21-19-17-15-10-8-6-4-2)24-46-48(44,45)47-34-32(42)30(40)29(39)31(41)33(34)43/h17,19,25-27,29-34,36-37,39-43H,3-16,18,20-24H2,1-2H3,(H,35,38)(H,44,45)/b19-17-. The molecule has 48 heavy (non-hydrogen) atoms. The maximum Gasteiger partial charge on any atom is 0.472 e. The average Bonchev–Trinajstić information content (AvgIpc) is 3.05. The lowest BCUT2D eigenvalue weighted by Crippen LogP contribution is -2.64. The smallest absolute Gasteiger partial charge is 0.392 e. The molecule has 14 heteroatoms. The predicted molar refractivity (Wildman–Crippen MR) is 183 cm³/mol.